The van der Waals surface area contributed by atoms with Gasteiger partial charge in [-0.25, -0.2) is 14.0 Å². The maximum absolute atomic E-state index is 11.5. The fourth-order valence-corrected chi connectivity index (χ4v) is 5.99. The average molecular weight is 977 g/mol. The molecule has 4 N–H and O–H groups in total. The standard InChI is InChI=1S/C12H13ClN4O.C10H9ClN4O.C10H11ClN4.C6H7N.C5H6ClN3O/c1-3-16(9(2)18)11-8-17(15-12(11)13)10-5-4-6-14-7-10;1-7(16)13-9-6-15(14-10(9)11)8-3-2-4-12-5-8;1-2-13-9-7-15(14-10(9)11)8-4-3-5-12-6-8;1-6-3-2-4-7-5-6;1-3(10)8-4-2-7-9-5(4)6/h4-8H,3H2,1-2H3;2-6H,1H3,(H,13,16);3-7,13H,2H2,1H3;2-5H,1H3;2H,1H3,(H,7,9)(H,8,10). The van der Waals surface area contributed by atoms with E-state index in [0.29, 0.717) is 39.1 Å². The van der Waals surface area contributed by atoms with E-state index in [1.54, 1.807) is 80.8 Å². The third-order valence-electron chi connectivity index (χ3n) is 8.10. The molecule has 0 bridgehead atoms. The molecule has 0 aliphatic carbocycles. The van der Waals surface area contributed by atoms with E-state index in [1.807, 2.05) is 75.6 Å². The number of halogens is 4. The molecule has 0 aliphatic heterocycles. The van der Waals surface area contributed by atoms with Crippen LogP contribution in [-0.2, 0) is 14.4 Å². The molecule has 23 heteroatoms. The van der Waals surface area contributed by atoms with Gasteiger partial charge >= 0.3 is 0 Å². The van der Waals surface area contributed by atoms with E-state index < -0.39 is 0 Å². The molecular formula is C43H46Cl4N16O3. The lowest BCUT2D eigenvalue weighted by Gasteiger charge is -2.16. The Bertz CT molecular complexity index is 2710. The highest BCUT2D eigenvalue weighted by molar-refractivity contribution is 6.33. The number of aromatic amines is 1. The van der Waals surface area contributed by atoms with Gasteiger partial charge in [-0.15, -0.1) is 0 Å². The van der Waals surface area contributed by atoms with Gasteiger partial charge in [-0.3, -0.25) is 39.4 Å². The van der Waals surface area contributed by atoms with Gasteiger partial charge in [-0.1, -0.05) is 52.5 Å². The Morgan fingerprint density at radius 3 is 1.44 bits per heavy atom. The van der Waals surface area contributed by atoms with E-state index in [9.17, 15) is 14.4 Å². The Kier molecular flexibility index (Phi) is 20.7. The van der Waals surface area contributed by atoms with Crippen LogP contribution in [0.1, 0.15) is 40.2 Å². The Balaban J connectivity index is 0.000000186. The van der Waals surface area contributed by atoms with E-state index in [-0.39, 0.29) is 22.9 Å². The smallest absolute Gasteiger partial charge is 0.223 e. The monoisotopic (exact) mass is 974 g/mol. The van der Waals surface area contributed by atoms with Crippen LogP contribution in [0.15, 0.2) is 123 Å². The summed E-state index contributed by atoms with van der Waals surface area (Å²) in [6, 6.07) is 15.0. The zero-order chi connectivity index (χ0) is 48.0. The molecule has 8 heterocycles. The molecule has 66 heavy (non-hydrogen) atoms. The van der Waals surface area contributed by atoms with Gasteiger partial charge in [0.2, 0.25) is 17.7 Å². The van der Waals surface area contributed by atoms with Crippen molar-refractivity contribution in [3.8, 4) is 17.1 Å². The summed E-state index contributed by atoms with van der Waals surface area (Å²) in [6.07, 6.45) is 20.4. The van der Waals surface area contributed by atoms with Gasteiger partial charge in [-0.05, 0) is 68.8 Å². The zero-order valence-corrected chi connectivity index (χ0v) is 39.6. The van der Waals surface area contributed by atoms with Gasteiger partial charge in [0.05, 0.1) is 77.5 Å². The van der Waals surface area contributed by atoms with E-state index in [2.05, 4.69) is 61.4 Å². The molecule has 0 aliphatic rings. The number of aryl methyl sites for hydroxylation is 1. The number of rotatable bonds is 9. The summed E-state index contributed by atoms with van der Waals surface area (Å²) in [5, 5.41) is 28.1. The predicted octanol–water partition coefficient (Wildman–Crippen LogP) is 8.94. The van der Waals surface area contributed by atoms with Crippen LogP contribution < -0.4 is 20.9 Å². The second kappa shape index (κ2) is 26.6. The van der Waals surface area contributed by atoms with E-state index >= 15 is 0 Å². The molecule has 0 saturated carbocycles. The van der Waals surface area contributed by atoms with Crippen LogP contribution in [0, 0.1) is 6.92 Å². The Hall–Kier alpha value is -7.19. The first-order chi connectivity index (χ1) is 31.7. The van der Waals surface area contributed by atoms with Crippen molar-refractivity contribution in [3.05, 3.63) is 149 Å². The SMILES string of the molecule is CC(=O)Nc1cn(-c2cccnc2)nc1Cl.CC(=O)Nc1cn[nH]c1Cl.CCN(C(C)=O)c1cn(-c2cccnc2)nc1Cl.CCNc1cn(-c2cccnc2)nc1Cl.Cc1cccnc1. The maximum Gasteiger partial charge on any atom is 0.223 e. The summed E-state index contributed by atoms with van der Waals surface area (Å²) in [7, 11) is 0. The van der Waals surface area contributed by atoms with Gasteiger partial charge in [0.25, 0.3) is 0 Å². The van der Waals surface area contributed by atoms with Crippen LogP contribution in [-0.4, -0.2) is 90.3 Å². The number of anilines is 4. The Morgan fingerprint density at radius 2 is 1.06 bits per heavy atom. The minimum absolute atomic E-state index is 0.0647. The van der Waals surface area contributed by atoms with Crippen LogP contribution in [0.2, 0.25) is 20.6 Å². The molecule has 0 fully saturated rings. The molecule has 8 aromatic rings. The third kappa shape index (κ3) is 16.4. The van der Waals surface area contributed by atoms with Gasteiger partial charge in [0.15, 0.2) is 15.5 Å². The fraction of sp³-hybridized carbons (Fsp3) is 0.186. The largest absolute Gasteiger partial charge is 0.382 e. The minimum atomic E-state index is -0.187. The predicted molar refractivity (Wildman–Crippen MR) is 258 cm³/mol. The van der Waals surface area contributed by atoms with Crippen LogP contribution in [0.25, 0.3) is 17.1 Å². The second-order valence-corrected chi connectivity index (χ2v) is 14.7. The zero-order valence-electron chi connectivity index (χ0n) is 36.6. The average Bonchev–Trinajstić information content (AvgIpc) is 4.09. The summed E-state index contributed by atoms with van der Waals surface area (Å²) in [6.45, 7) is 11.6. The lowest BCUT2D eigenvalue weighted by molar-refractivity contribution is -0.116. The van der Waals surface area contributed by atoms with Crippen LogP contribution >= 0.6 is 46.4 Å². The van der Waals surface area contributed by atoms with Crippen molar-refractivity contribution in [1.82, 2.24) is 59.5 Å². The molecule has 0 aromatic carbocycles. The summed E-state index contributed by atoms with van der Waals surface area (Å²) in [4.78, 5) is 50.3. The summed E-state index contributed by atoms with van der Waals surface area (Å²) in [5.74, 6) is -0.416. The van der Waals surface area contributed by atoms with Gasteiger partial charge in [0.1, 0.15) is 10.8 Å². The topological polar surface area (TPSA) is 224 Å². The highest BCUT2D eigenvalue weighted by atomic mass is 35.5. The second-order valence-electron chi connectivity index (χ2n) is 13.2. The molecule has 8 aromatic heterocycles. The molecule has 3 amide bonds. The lowest BCUT2D eigenvalue weighted by atomic mass is 10.3. The van der Waals surface area contributed by atoms with Crippen molar-refractivity contribution in [1.29, 1.82) is 0 Å². The molecule has 0 unspecified atom stereocenters. The lowest BCUT2D eigenvalue weighted by Crippen LogP contribution is -2.27. The Morgan fingerprint density at radius 1 is 0.606 bits per heavy atom. The van der Waals surface area contributed by atoms with Crippen molar-refractivity contribution in [2.45, 2.75) is 41.5 Å². The normalized spacial score (nSPS) is 9.97. The van der Waals surface area contributed by atoms with Gasteiger partial charge in [-0.2, -0.15) is 20.4 Å². The quantitative estimate of drug-likeness (QED) is 0.106. The molecule has 0 atom stereocenters. The number of carbonyl (C=O) groups is 3. The molecule has 8 rings (SSSR count). The van der Waals surface area contributed by atoms with Crippen molar-refractivity contribution >= 4 is 86.9 Å². The number of hydrogen-bond acceptors (Lipinski definition) is 12. The molecule has 0 spiro atoms. The highest BCUT2D eigenvalue weighted by Gasteiger charge is 2.17. The number of carbonyl (C=O) groups excluding carboxylic acids is 3. The number of aromatic nitrogens is 12. The number of amides is 3. The van der Waals surface area contributed by atoms with Crippen LogP contribution in [0.5, 0.6) is 0 Å². The number of pyridine rings is 4. The highest BCUT2D eigenvalue weighted by Crippen LogP contribution is 2.26. The summed E-state index contributed by atoms with van der Waals surface area (Å²) < 4.78 is 4.87. The van der Waals surface area contributed by atoms with Crippen LogP contribution in [0.4, 0.5) is 22.7 Å². The molecule has 344 valence electrons. The van der Waals surface area contributed by atoms with E-state index in [1.165, 1.54) is 32.5 Å². The number of H-pyrrole nitrogens is 1. The van der Waals surface area contributed by atoms with Crippen LogP contribution in [0.3, 0.4) is 0 Å². The van der Waals surface area contributed by atoms with Crippen molar-refractivity contribution < 1.29 is 14.4 Å². The first-order valence-electron chi connectivity index (χ1n) is 19.8. The molecule has 19 nitrogen and oxygen atoms in total. The van der Waals surface area contributed by atoms with E-state index in [4.69, 9.17) is 46.4 Å². The Labute approximate surface area is 400 Å². The number of nitrogens with one attached hydrogen (secondary N) is 4. The number of nitrogens with zero attached hydrogens (tertiary/aromatic N) is 12. The third-order valence-corrected chi connectivity index (χ3v) is 9.21. The van der Waals surface area contributed by atoms with Crippen molar-refractivity contribution in [3.63, 3.8) is 0 Å². The van der Waals surface area contributed by atoms with Crippen molar-refractivity contribution in [2.75, 3.05) is 33.9 Å². The fourth-order valence-electron chi connectivity index (χ4n) is 5.24. The first kappa shape index (κ1) is 51.4. The molecular weight excluding hydrogens is 930 g/mol. The maximum atomic E-state index is 11.5. The van der Waals surface area contributed by atoms with E-state index in [0.717, 1.165) is 29.3 Å². The molecule has 0 radical (unpaired) electrons. The molecule has 0 saturated heterocycles. The summed E-state index contributed by atoms with van der Waals surface area (Å²) in [5.41, 5.74) is 6.11. The van der Waals surface area contributed by atoms with Gasteiger partial charge in [0, 0.05) is 64.8 Å². The first-order valence-corrected chi connectivity index (χ1v) is 21.3. The minimum Gasteiger partial charge on any atom is -0.382 e. The number of hydrogen-bond donors (Lipinski definition) is 4. The van der Waals surface area contributed by atoms with Crippen molar-refractivity contribution in [2.24, 2.45) is 0 Å². The summed E-state index contributed by atoms with van der Waals surface area (Å²) >= 11 is 23.4. The van der Waals surface area contributed by atoms with Gasteiger partial charge < -0.3 is 20.9 Å².